The number of benzene rings is 1. The van der Waals surface area contributed by atoms with Crippen molar-refractivity contribution in [3.05, 3.63) is 33.9 Å². The highest BCUT2D eigenvalue weighted by atomic mass is 16.4. The normalized spacial score (nSPS) is 14.7. The molecule has 1 aromatic carbocycles. The van der Waals surface area contributed by atoms with Crippen molar-refractivity contribution in [2.45, 2.75) is 77.0 Å². The Morgan fingerprint density at radius 3 is 1.94 bits per heavy atom. The SMILES string of the molecule is CC1Cc2c(CCCCCCCCCC(C(=O)O)C(=O)O)c(C(=O)O)cc1c2C(=O)O. The van der Waals surface area contributed by atoms with Gasteiger partial charge in [-0.25, -0.2) is 9.59 Å². The van der Waals surface area contributed by atoms with Gasteiger partial charge in [-0.3, -0.25) is 9.59 Å². The lowest BCUT2D eigenvalue weighted by Gasteiger charge is -2.12. The summed E-state index contributed by atoms with van der Waals surface area (Å²) in [5.74, 6) is -5.96. The van der Waals surface area contributed by atoms with Crippen molar-refractivity contribution in [1.29, 1.82) is 0 Å². The van der Waals surface area contributed by atoms with Crippen molar-refractivity contribution in [3.8, 4) is 0 Å². The second kappa shape index (κ2) is 10.9. The fourth-order valence-electron chi connectivity index (χ4n) is 4.45. The minimum atomic E-state index is -1.34. The number of unbranched alkanes of at least 4 members (excludes halogenated alkanes) is 6. The topological polar surface area (TPSA) is 149 Å². The highest BCUT2D eigenvalue weighted by molar-refractivity contribution is 5.98. The summed E-state index contributed by atoms with van der Waals surface area (Å²) >= 11 is 0. The third-order valence-corrected chi connectivity index (χ3v) is 6.08. The van der Waals surface area contributed by atoms with Crippen LogP contribution in [0.5, 0.6) is 0 Å². The van der Waals surface area contributed by atoms with Crippen molar-refractivity contribution in [3.63, 3.8) is 0 Å². The van der Waals surface area contributed by atoms with Crippen molar-refractivity contribution in [2.75, 3.05) is 0 Å². The van der Waals surface area contributed by atoms with Crippen LogP contribution in [-0.4, -0.2) is 44.3 Å². The van der Waals surface area contributed by atoms with Gasteiger partial charge >= 0.3 is 23.9 Å². The molecule has 0 amide bonds. The Hall–Kier alpha value is -2.90. The third-order valence-electron chi connectivity index (χ3n) is 6.08. The minimum Gasteiger partial charge on any atom is -0.481 e. The van der Waals surface area contributed by atoms with Crippen LogP contribution < -0.4 is 0 Å². The lowest BCUT2D eigenvalue weighted by Crippen LogP contribution is -2.23. The van der Waals surface area contributed by atoms with Gasteiger partial charge in [0.15, 0.2) is 5.92 Å². The Kier molecular flexibility index (Phi) is 8.59. The summed E-state index contributed by atoms with van der Waals surface area (Å²) in [6, 6.07) is 1.53. The van der Waals surface area contributed by atoms with Crippen LogP contribution in [0, 0.1) is 5.92 Å². The first-order chi connectivity index (χ1) is 14.6. The number of fused-ring (bicyclic) bond motifs is 2. The molecule has 0 radical (unpaired) electrons. The van der Waals surface area contributed by atoms with Crippen molar-refractivity contribution < 1.29 is 39.6 Å². The summed E-state index contributed by atoms with van der Waals surface area (Å²) in [6.07, 6.45) is 6.93. The van der Waals surface area contributed by atoms with Gasteiger partial charge in [-0.1, -0.05) is 45.4 Å². The van der Waals surface area contributed by atoms with Crippen molar-refractivity contribution in [2.24, 2.45) is 5.92 Å². The van der Waals surface area contributed by atoms with Crippen LogP contribution in [0.4, 0.5) is 0 Å². The van der Waals surface area contributed by atoms with Gasteiger partial charge in [-0.05, 0) is 54.4 Å². The van der Waals surface area contributed by atoms with E-state index in [2.05, 4.69) is 0 Å². The largest absolute Gasteiger partial charge is 0.481 e. The van der Waals surface area contributed by atoms with Crippen LogP contribution in [-0.2, 0) is 22.4 Å². The first kappa shape index (κ1) is 24.4. The average Bonchev–Trinajstić information content (AvgIpc) is 2.93. The number of carbonyl (C=O) groups is 4. The Morgan fingerprint density at radius 2 is 1.42 bits per heavy atom. The molecule has 0 saturated heterocycles. The molecular weight excluding hydrogens is 404 g/mol. The molecule has 2 rings (SSSR count). The number of aliphatic carboxylic acids is 2. The summed E-state index contributed by atoms with van der Waals surface area (Å²) in [5.41, 5.74) is 2.41. The van der Waals surface area contributed by atoms with E-state index in [-0.39, 0.29) is 23.5 Å². The number of carboxylic acid groups (broad SMARTS) is 4. The lowest BCUT2D eigenvalue weighted by molar-refractivity contribution is -0.154. The van der Waals surface area contributed by atoms with Gasteiger partial charge in [-0.15, -0.1) is 0 Å². The number of carboxylic acids is 4. The molecule has 8 nitrogen and oxygen atoms in total. The van der Waals surface area contributed by atoms with E-state index in [4.69, 9.17) is 10.2 Å². The smallest absolute Gasteiger partial charge is 0.336 e. The standard InChI is InChI=1S/C23H30O8/c1-13-11-17-14(18(22(28)29)12-16(13)19(17)23(30)31)9-7-5-3-2-4-6-8-10-15(20(24)25)21(26)27/h12-13,15H,2-11H2,1H3,(H,24,25)(H,26,27)(H,28,29)(H,30,31). The Morgan fingerprint density at radius 1 is 0.871 bits per heavy atom. The van der Waals surface area contributed by atoms with Crippen LogP contribution in [0.15, 0.2) is 6.07 Å². The van der Waals surface area contributed by atoms with E-state index in [1.165, 1.54) is 6.07 Å². The lowest BCUT2D eigenvalue weighted by atomic mass is 9.92. The molecule has 0 saturated carbocycles. The maximum atomic E-state index is 11.7. The molecule has 1 aliphatic rings. The van der Waals surface area contributed by atoms with Crippen molar-refractivity contribution >= 4 is 23.9 Å². The molecule has 0 aromatic heterocycles. The van der Waals surface area contributed by atoms with Crippen molar-refractivity contribution in [1.82, 2.24) is 0 Å². The molecule has 0 aliphatic heterocycles. The summed E-state index contributed by atoms with van der Waals surface area (Å²) in [6.45, 7) is 1.92. The molecule has 0 heterocycles. The maximum Gasteiger partial charge on any atom is 0.336 e. The predicted octanol–water partition coefficient (Wildman–Crippen LogP) is 4.19. The molecular formula is C23H30O8. The summed E-state index contributed by atoms with van der Waals surface area (Å²) < 4.78 is 0. The highest BCUT2D eigenvalue weighted by Crippen LogP contribution is 2.39. The fraction of sp³-hybridized carbons (Fsp3) is 0.565. The third kappa shape index (κ3) is 6.06. The number of rotatable bonds is 14. The number of hydrogen-bond donors (Lipinski definition) is 4. The molecule has 0 spiro atoms. The van der Waals surface area contributed by atoms with Crippen LogP contribution in [0.2, 0.25) is 0 Å². The molecule has 2 bridgehead atoms. The first-order valence-electron chi connectivity index (χ1n) is 10.8. The number of hydrogen-bond acceptors (Lipinski definition) is 4. The van der Waals surface area contributed by atoms with Gasteiger partial charge < -0.3 is 20.4 Å². The highest BCUT2D eigenvalue weighted by Gasteiger charge is 2.32. The second-order valence-corrected chi connectivity index (χ2v) is 8.30. The van der Waals surface area contributed by atoms with E-state index in [9.17, 15) is 29.4 Å². The van der Waals surface area contributed by atoms with E-state index < -0.39 is 29.8 Å². The summed E-state index contributed by atoms with van der Waals surface area (Å²) in [7, 11) is 0. The summed E-state index contributed by atoms with van der Waals surface area (Å²) in [5, 5.41) is 36.8. The summed E-state index contributed by atoms with van der Waals surface area (Å²) in [4.78, 5) is 45.0. The van der Waals surface area contributed by atoms with Crippen LogP contribution in [0.3, 0.4) is 0 Å². The molecule has 0 fully saturated rings. The Labute approximate surface area is 180 Å². The van der Waals surface area contributed by atoms with Gasteiger partial charge in [0.1, 0.15) is 0 Å². The zero-order valence-corrected chi connectivity index (χ0v) is 17.7. The van der Waals surface area contributed by atoms with Gasteiger partial charge in [-0.2, -0.15) is 0 Å². The van der Waals surface area contributed by atoms with E-state index in [1.54, 1.807) is 0 Å². The van der Waals surface area contributed by atoms with Gasteiger partial charge in [0.25, 0.3) is 0 Å². The molecule has 1 aromatic rings. The maximum absolute atomic E-state index is 11.7. The molecule has 1 unspecified atom stereocenters. The molecule has 8 heteroatoms. The van der Waals surface area contributed by atoms with Gasteiger partial charge in [0.05, 0.1) is 11.1 Å². The zero-order chi connectivity index (χ0) is 23.1. The van der Waals surface area contributed by atoms with E-state index in [0.717, 1.165) is 38.5 Å². The fourth-order valence-corrected chi connectivity index (χ4v) is 4.45. The van der Waals surface area contributed by atoms with Gasteiger partial charge in [0, 0.05) is 0 Å². The average molecular weight is 434 g/mol. The van der Waals surface area contributed by atoms with Crippen LogP contribution in [0.1, 0.15) is 102 Å². The van der Waals surface area contributed by atoms with Gasteiger partial charge in [0.2, 0.25) is 0 Å². The molecule has 1 aliphatic carbocycles. The quantitative estimate of drug-likeness (QED) is 0.251. The Bertz CT molecular complexity index is 844. The van der Waals surface area contributed by atoms with E-state index >= 15 is 0 Å². The second-order valence-electron chi connectivity index (χ2n) is 8.30. The predicted molar refractivity (Wildman–Crippen MR) is 112 cm³/mol. The first-order valence-corrected chi connectivity index (χ1v) is 10.8. The van der Waals surface area contributed by atoms with E-state index in [0.29, 0.717) is 36.0 Å². The monoisotopic (exact) mass is 434 g/mol. The van der Waals surface area contributed by atoms with Crippen LogP contribution >= 0.6 is 0 Å². The number of aromatic carboxylic acids is 2. The van der Waals surface area contributed by atoms with Crippen LogP contribution in [0.25, 0.3) is 0 Å². The van der Waals surface area contributed by atoms with E-state index in [1.807, 2.05) is 6.92 Å². The molecule has 31 heavy (non-hydrogen) atoms. The molecule has 4 N–H and O–H groups in total. The minimum absolute atomic E-state index is 0.00908. The Balaban J connectivity index is 1.79. The molecule has 1 atom stereocenters. The molecule has 170 valence electrons. The zero-order valence-electron chi connectivity index (χ0n) is 17.7.